The van der Waals surface area contributed by atoms with E-state index >= 15 is 0 Å². The van der Waals surface area contributed by atoms with Gasteiger partial charge in [0.05, 0.1) is 12.3 Å². The van der Waals surface area contributed by atoms with Gasteiger partial charge >= 0.3 is 0 Å². The van der Waals surface area contributed by atoms with Crippen LogP contribution < -0.4 is 4.72 Å². The van der Waals surface area contributed by atoms with E-state index in [1.807, 2.05) is 0 Å². The van der Waals surface area contributed by atoms with E-state index in [0.29, 0.717) is 16.1 Å². The van der Waals surface area contributed by atoms with Crippen LogP contribution in [0.3, 0.4) is 0 Å². The molecule has 25 heavy (non-hydrogen) atoms. The predicted octanol–water partition coefficient (Wildman–Crippen LogP) is 3.15. The second-order valence-electron chi connectivity index (χ2n) is 5.19. The molecule has 0 bridgehead atoms. The van der Waals surface area contributed by atoms with Crippen LogP contribution in [0.25, 0.3) is 11.4 Å². The van der Waals surface area contributed by atoms with E-state index in [4.69, 9.17) is 16.1 Å². The average molecular weight is 382 g/mol. The molecule has 1 heterocycles. The number of hydrogen-bond acceptors (Lipinski definition) is 5. The van der Waals surface area contributed by atoms with Crippen LogP contribution >= 0.6 is 11.6 Å². The molecule has 0 aliphatic heterocycles. The van der Waals surface area contributed by atoms with Crippen molar-refractivity contribution in [1.82, 2.24) is 14.9 Å². The van der Waals surface area contributed by atoms with Gasteiger partial charge in [-0.05, 0) is 35.9 Å². The van der Waals surface area contributed by atoms with Crippen molar-refractivity contribution in [2.24, 2.45) is 0 Å². The molecule has 9 heteroatoms. The Morgan fingerprint density at radius 1 is 1.12 bits per heavy atom. The standard InChI is InChI=1S/C16H13ClFN3O3S/c17-14-4-2-1-3-12(14)10-25(22,23)19-9-15-20-16(21-24-15)11-5-7-13(18)8-6-11/h1-8,19H,9-10H2. The molecule has 1 aromatic heterocycles. The summed E-state index contributed by atoms with van der Waals surface area (Å²) >= 11 is 5.97. The molecule has 0 aliphatic rings. The summed E-state index contributed by atoms with van der Waals surface area (Å²) in [7, 11) is -3.63. The number of hydrogen-bond donors (Lipinski definition) is 1. The van der Waals surface area contributed by atoms with Crippen molar-refractivity contribution >= 4 is 21.6 Å². The average Bonchev–Trinajstić information content (AvgIpc) is 3.05. The van der Waals surface area contributed by atoms with Crippen LogP contribution in [0.5, 0.6) is 0 Å². The molecule has 2 aromatic carbocycles. The number of halogens is 2. The highest BCUT2D eigenvalue weighted by atomic mass is 35.5. The van der Waals surface area contributed by atoms with Crippen LogP contribution in [-0.4, -0.2) is 18.6 Å². The van der Waals surface area contributed by atoms with Crippen molar-refractivity contribution in [3.63, 3.8) is 0 Å². The minimum absolute atomic E-state index is 0.0991. The van der Waals surface area contributed by atoms with Crippen LogP contribution in [0.2, 0.25) is 5.02 Å². The van der Waals surface area contributed by atoms with Crippen molar-refractivity contribution in [3.05, 3.63) is 70.8 Å². The number of rotatable bonds is 6. The lowest BCUT2D eigenvalue weighted by molar-refractivity contribution is 0.376. The Morgan fingerprint density at radius 2 is 1.84 bits per heavy atom. The summed E-state index contributed by atoms with van der Waals surface area (Å²) in [6.45, 7) is -0.152. The zero-order valence-corrected chi connectivity index (χ0v) is 14.4. The Hall–Kier alpha value is -2.29. The first kappa shape index (κ1) is 17.5. The molecule has 130 valence electrons. The summed E-state index contributed by atoms with van der Waals surface area (Å²) in [6.07, 6.45) is 0. The van der Waals surface area contributed by atoms with Gasteiger partial charge in [0.2, 0.25) is 21.7 Å². The van der Waals surface area contributed by atoms with E-state index in [1.54, 1.807) is 24.3 Å². The molecule has 0 amide bonds. The molecule has 0 unspecified atom stereocenters. The van der Waals surface area contributed by atoms with Crippen LogP contribution in [0.4, 0.5) is 4.39 Å². The Balaban J connectivity index is 1.65. The van der Waals surface area contributed by atoms with Crippen LogP contribution in [0.15, 0.2) is 53.1 Å². The molecule has 3 rings (SSSR count). The molecule has 0 saturated carbocycles. The van der Waals surface area contributed by atoms with E-state index in [1.165, 1.54) is 24.3 Å². The minimum Gasteiger partial charge on any atom is -0.338 e. The zero-order valence-electron chi connectivity index (χ0n) is 12.8. The van der Waals surface area contributed by atoms with Crippen molar-refractivity contribution in [2.75, 3.05) is 0 Å². The lowest BCUT2D eigenvalue weighted by atomic mass is 10.2. The Kier molecular flexibility index (Phi) is 5.12. The normalized spacial score (nSPS) is 11.6. The highest BCUT2D eigenvalue weighted by molar-refractivity contribution is 7.88. The first-order valence-corrected chi connectivity index (χ1v) is 9.25. The molecule has 6 nitrogen and oxygen atoms in total. The topological polar surface area (TPSA) is 85.1 Å². The summed E-state index contributed by atoms with van der Waals surface area (Å²) < 4.78 is 44.6. The lowest BCUT2D eigenvalue weighted by Crippen LogP contribution is -2.25. The zero-order chi connectivity index (χ0) is 17.9. The van der Waals surface area contributed by atoms with Gasteiger partial charge < -0.3 is 4.52 Å². The summed E-state index contributed by atoms with van der Waals surface area (Å²) in [5.74, 6) is -0.284. The lowest BCUT2D eigenvalue weighted by Gasteiger charge is -2.06. The van der Waals surface area contributed by atoms with Crippen molar-refractivity contribution in [3.8, 4) is 11.4 Å². The fourth-order valence-electron chi connectivity index (χ4n) is 2.09. The Morgan fingerprint density at radius 3 is 2.56 bits per heavy atom. The highest BCUT2D eigenvalue weighted by Crippen LogP contribution is 2.18. The van der Waals surface area contributed by atoms with Gasteiger partial charge in [0, 0.05) is 10.6 Å². The quantitative estimate of drug-likeness (QED) is 0.709. The van der Waals surface area contributed by atoms with Gasteiger partial charge in [0.15, 0.2) is 0 Å². The summed E-state index contributed by atoms with van der Waals surface area (Å²) in [4.78, 5) is 4.08. The fraction of sp³-hybridized carbons (Fsp3) is 0.125. The predicted molar refractivity (Wildman–Crippen MR) is 90.6 cm³/mol. The molecule has 3 aromatic rings. The van der Waals surface area contributed by atoms with Crippen molar-refractivity contribution in [2.45, 2.75) is 12.3 Å². The second kappa shape index (κ2) is 7.30. The van der Waals surface area contributed by atoms with Crippen LogP contribution in [-0.2, 0) is 22.3 Å². The van der Waals surface area contributed by atoms with Crippen molar-refractivity contribution in [1.29, 1.82) is 0 Å². The largest absolute Gasteiger partial charge is 0.338 e. The molecule has 0 aliphatic carbocycles. The van der Waals surface area contributed by atoms with Gasteiger partial charge in [-0.15, -0.1) is 0 Å². The smallest absolute Gasteiger partial charge is 0.242 e. The van der Waals surface area contributed by atoms with Crippen LogP contribution in [0.1, 0.15) is 11.5 Å². The molecule has 1 N–H and O–H groups in total. The maximum absolute atomic E-state index is 12.9. The molecule has 0 atom stereocenters. The number of benzene rings is 2. The van der Waals surface area contributed by atoms with E-state index in [9.17, 15) is 12.8 Å². The second-order valence-corrected chi connectivity index (χ2v) is 7.40. The van der Waals surface area contributed by atoms with E-state index in [0.717, 1.165) is 0 Å². The molecular weight excluding hydrogens is 369 g/mol. The Bertz CT molecular complexity index is 974. The minimum atomic E-state index is -3.63. The summed E-state index contributed by atoms with van der Waals surface area (Å²) in [6, 6.07) is 12.3. The molecule has 0 radical (unpaired) electrons. The maximum Gasteiger partial charge on any atom is 0.242 e. The maximum atomic E-state index is 12.9. The monoisotopic (exact) mass is 381 g/mol. The van der Waals surface area contributed by atoms with Crippen molar-refractivity contribution < 1.29 is 17.3 Å². The number of aromatic nitrogens is 2. The van der Waals surface area contributed by atoms with Gasteiger partial charge in [0.1, 0.15) is 5.82 Å². The van der Waals surface area contributed by atoms with Gasteiger partial charge in [-0.1, -0.05) is 35.0 Å². The van der Waals surface area contributed by atoms with Gasteiger partial charge in [-0.2, -0.15) is 4.98 Å². The van der Waals surface area contributed by atoms with E-state index in [2.05, 4.69) is 14.9 Å². The first-order valence-electron chi connectivity index (χ1n) is 7.22. The van der Waals surface area contributed by atoms with E-state index in [-0.39, 0.29) is 29.8 Å². The van der Waals surface area contributed by atoms with Crippen LogP contribution in [0, 0.1) is 5.82 Å². The summed E-state index contributed by atoms with van der Waals surface area (Å²) in [5, 5.41) is 4.13. The molecule has 0 spiro atoms. The third kappa shape index (κ3) is 4.62. The molecular formula is C16H13ClFN3O3S. The molecule has 0 saturated heterocycles. The summed E-state index contributed by atoms with van der Waals surface area (Å²) in [5.41, 5.74) is 1.06. The fourth-order valence-corrected chi connectivity index (χ4v) is 3.47. The number of sulfonamides is 1. The van der Waals surface area contributed by atoms with Gasteiger partial charge in [-0.3, -0.25) is 0 Å². The highest BCUT2D eigenvalue weighted by Gasteiger charge is 2.16. The molecule has 0 fully saturated rings. The third-order valence-corrected chi connectivity index (χ3v) is 4.96. The van der Waals surface area contributed by atoms with Gasteiger partial charge in [-0.25, -0.2) is 17.5 Å². The number of nitrogens with zero attached hydrogens (tertiary/aromatic N) is 2. The third-order valence-electron chi connectivity index (χ3n) is 3.32. The number of nitrogens with one attached hydrogen (secondary N) is 1. The first-order chi connectivity index (χ1) is 11.9. The van der Waals surface area contributed by atoms with E-state index < -0.39 is 10.0 Å². The van der Waals surface area contributed by atoms with Gasteiger partial charge in [0.25, 0.3) is 0 Å². The Labute approximate surface area is 148 Å². The SMILES string of the molecule is O=S(=O)(Cc1ccccc1Cl)NCc1nc(-c2ccc(F)cc2)no1.